The Morgan fingerprint density at radius 1 is 0.755 bits per heavy atom. The number of rotatable bonds is 7. The third-order valence-corrected chi connectivity index (χ3v) is 8.97. The lowest BCUT2D eigenvalue weighted by atomic mass is 9.85. The molecule has 0 unspecified atom stereocenters. The molecule has 0 spiro atoms. The highest BCUT2D eigenvalue weighted by atomic mass is 32.2. The molecule has 0 radical (unpaired) electrons. The van der Waals surface area contributed by atoms with Gasteiger partial charge in [-0.1, -0.05) is 107 Å². The topological polar surface area (TPSA) is 147 Å². The maximum atomic E-state index is 11.0. The van der Waals surface area contributed by atoms with E-state index in [-0.39, 0.29) is 22.3 Å². The molecule has 0 saturated heterocycles. The lowest BCUT2D eigenvalue weighted by Gasteiger charge is -2.26. The van der Waals surface area contributed by atoms with Gasteiger partial charge in [0, 0.05) is 54.3 Å². The highest BCUT2D eigenvalue weighted by molar-refractivity contribution is 7.92. The van der Waals surface area contributed by atoms with Crippen LogP contribution in [-0.4, -0.2) is 50.4 Å². The zero-order valence-electron chi connectivity index (χ0n) is 34.4. The minimum absolute atomic E-state index is 0.0869. The molecular weight excluding hydrogens is 681 g/mol. The van der Waals surface area contributed by atoms with Crippen molar-refractivity contribution >= 4 is 15.7 Å². The predicted octanol–water partition coefficient (Wildman–Crippen LogP) is 9.24. The normalized spacial score (nSPS) is 12.6. The van der Waals surface area contributed by atoms with Gasteiger partial charge < -0.3 is 15.7 Å². The van der Waals surface area contributed by atoms with Gasteiger partial charge in [0.05, 0.1) is 24.6 Å². The summed E-state index contributed by atoms with van der Waals surface area (Å²) in [5.74, 6) is 0. The first-order valence-corrected chi connectivity index (χ1v) is 20.1. The van der Waals surface area contributed by atoms with E-state index in [1.54, 1.807) is 31.0 Å². The molecule has 10 nitrogen and oxygen atoms in total. The molecule has 5 aromatic rings. The highest BCUT2D eigenvalue weighted by Crippen LogP contribution is 2.25. The van der Waals surface area contributed by atoms with Gasteiger partial charge in [0.25, 0.3) is 0 Å². The Morgan fingerprint density at radius 2 is 1.25 bits per heavy atom. The number of hydrogen-bond donors (Lipinski definition) is 4. The first-order chi connectivity index (χ1) is 24.3. The van der Waals surface area contributed by atoms with Gasteiger partial charge in [-0.05, 0) is 76.0 Å². The van der Waals surface area contributed by atoms with Crippen molar-refractivity contribution in [3.8, 4) is 5.69 Å². The minimum Gasteiger partial charge on any atom is -0.348 e. The molecule has 0 amide bonds. The number of aromatic nitrogens is 6. The zero-order chi connectivity index (χ0) is 40.1. The van der Waals surface area contributed by atoms with Gasteiger partial charge >= 0.3 is 0 Å². The molecule has 11 heteroatoms. The maximum Gasteiger partial charge on any atom is 0.229 e. The molecule has 3 heterocycles. The van der Waals surface area contributed by atoms with E-state index < -0.39 is 10.0 Å². The number of aryl methyl sites for hydroxylation is 1. The smallest absolute Gasteiger partial charge is 0.229 e. The summed E-state index contributed by atoms with van der Waals surface area (Å²) in [5, 5.41) is 4.19. The summed E-state index contributed by atoms with van der Waals surface area (Å²) in [4.78, 5) is 14.1. The summed E-state index contributed by atoms with van der Waals surface area (Å²) in [6.07, 6.45) is 15.2. The van der Waals surface area contributed by atoms with Crippen LogP contribution in [0.25, 0.3) is 5.69 Å². The summed E-state index contributed by atoms with van der Waals surface area (Å²) < 4.78 is 26.2. The molecule has 3 aromatic heterocycles. The Balaban J connectivity index is 0.000000247. The highest BCUT2D eigenvalue weighted by Gasteiger charge is 2.21. The molecule has 0 bridgehead atoms. The van der Waals surface area contributed by atoms with Crippen LogP contribution in [0.15, 0.2) is 92.0 Å². The molecule has 1 atom stereocenters. The minimum atomic E-state index is -3.18. The first-order valence-electron chi connectivity index (χ1n) is 18.2. The fourth-order valence-corrected chi connectivity index (χ4v) is 5.22. The number of nitrogens with two attached hydrogens (primary N) is 1. The van der Waals surface area contributed by atoms with Gasteiger partial charge in [-0.25, -0.2) is 23.1 Å². The Hall–Kier alpha value is -4.22. The zero-order valence-corrected chi connectivity index (χ0v) is 35.3. The second-order valence-corrected chi connectivity index (χ2v) is 19.6. The number of anilines is 1. The third kappa shape index (κ3) is 18.4. The molecule has 5 rings (SSSR count). The van der Waals surface area contributed by atoms with Crippen LogP contribution in [0.4, 0.5) is 5.69 Å². The van der Waals surface area contributed by atoms with Crippen LogP contribution < -0.4 is 10.5 Å². The average molecular weight is 747 g/mol. The fraction of sp³-hybridized carbons (Fsp3) is 0.500. The molecule has 53 heavy (non-hydrogen) atoms. The van der Waals surface area contributed by atoms with Gasteiger partial charge in [0.15, 0.2) is 0 Å². The number of benzene rings is 2. The van der Waals surface area contributed by atoms with Gasteiger partial charge in [-0.2, -0.15) is 5.10 Å². The summed E-state index contributed by atoms with van der Waals surface area (Å²) in [5.41, 5.74) is 13.5. The molecule has 0 saturated carbocycles. The van der Waals surface area contributed by atoms with E-state index in [0.717, 1.165) is 30.5 Å². The van der Waals surface area contributed by atoms with E-state index in [2.05, 4.69) is 137 Å². The Morgan fingerprint density at radius 3 is 1.62 bits per heavy atom. The molecule has 0 aliphatic carbocycles. The van der Waals surface area contributed by atoms with Crippen molar-refractivity contribution in [3.63, 3.8) is 0 Å². The predicted molar refractivity (Wildman–Crippen MR) is 222 cm³/mol. The molecule has 0 fully saturated rings. The Bertz CT molecular complexity index is 1800. The largest absolute Gasteiger partial charge is 0.348 e. The van der Waals surface area contributed by atoms with Crippen molar-refractivity contribution in [1.29, 1.82) is 0 Å². The standard InChI is InChI=1S/C13H16N2.C11H17NO2S.C9H17N3.C9H16N2/c1-13(2,3)11-5-7-12(8-6-11)15-10-4-9-14-15;1-11(2,3)9-5-7-10(8-6-9)12-15(4,13)14;1-9(2,3)8(10)4-7-5-11-6-12-7;1-9(2,3)5-4-8-6-10-7-11-8/h4-10H,1-3H3;5-8,12H,1-4H3;5-6,8H,4,10H2,1-3H3,(H,11,12);6-7H,4-5H2,1-3H3,(H,10,11)/t;;8-;/m..0./s1. The Labute approximate surface area is 319 Å². The number of sulfonamides is 1. The molecule has 292 valence electrons. The monoisotopic (exact) mass is 747 g/mol. The quantitative estimate of drug-likeness (QED) is 0.131. The summed E-state index contributed by atoms with van der Waals surface area (Å²) in [6, 6.07) is 18.1. The van der Waals surface area contributed by atoms with E-state index in [9.17, 15) is 8.42 Å². The van der Waals surface area contributed by atoms with E-state index in [4.69, 9.17) is 5.73 Å². The van der Waals surface area contributed by atoms with E-state index in [1.165, 1.54) is 23.2 Å². The SMILES string of the molecule is CC(C)(C)CCc1cnc[nH]1.CC(C)(C)[C@@H](N)Cc1cnc[nH]1.CC(C)(C)c1ccc(-n2cccn2)cc1.CC(C)(C)c1ccc(NS(C)(=O)=O)cc1. The molecule has 5 N–H and O–H groups in total. The van der Waals surface area contributed by atoms with Crippen LogP contribution in [0.1, 0.15) is 112 Å². The maximum absolute atomic E-state index is 11.0. The number of nitrogens with one attached hydrogen (secondary N) is 3. The number of hydrogen-bond acceptors (Lipinski definition) is 6. The second kappa shape index (κ2) is 19.2. The van der Waals surface area contributed by atoms with Crippen LogP contribution in [-0.2, 0) is 33.7 Å². The van der Waals surface area contributed by atoms with Crippen LogP contribution in [0.5, 0.6) is 0 Å². The van der Waals surface area contributed by atoms with Crippen LogP contribution in [0, 0.1) is 10.8 Å². The number of imidazole rings is 2. The van der Waals surface area contributed by atoms with E-state index in [1.807, 2.05) is 41.5 Å². The molecular formula is C42H66N8O2S. The Kier molecular flexibility index (Phi) is 16.3. The van der Waals surface area contributed by atoms with Gasteiger partial charge in [-0.3, -0.25) is 4.72 Å². The lowest BCUT2D eigenvalue weighted by Crippen LogP contribution is -2.36. The average Bonchev–Trinajstić information content (AvgIpc) is 3.84. The molecule has 0 aliphatic heterocycles. The van der Waals surface area contributed by atoms with Crippen molar-refractivity contribution in [3.05, 3.63) is 115 Å². The lowest BCUT2D eigenvalue weighted by molar-refractivity contribution is 0.317. The van der Waals surface area contributed by atoms with Crippen molar-refractivity contribution in [2.45, 2.75) is 119 Å². The van der Waals surface area contributed by atoms with Crippen LogP contribution in [0.2, 0.25) is 0 Å². The van der Waals surface area contributed by atoms with Gasteiger partial charge in [-0.15, -0.1) is 0 Å². The van der Waals surface area contributed by atoms with Crippen LogP contribution in [0.3, 0.4) is 0 Å². The van der Waals surface area contributed by atoms with Gasteiger partial charge in [0.1, 0.15) is 0 Å². The summed E-state index contributed by atoms with van der Waals surface area (Å²) in [6.45, 7) is 26.2. The van der Waals surface area contributed by atoms with Crippen molar-refractivity contribution in [1.82, 2.24) is 29.7 Å². The van der Waals surface area contributed by atoms with Gasteiger partial charge in [0.2, 0.25) is 10.0 Å². The fourth-order valence-electron chi connectivity index (χ4n) is 4.66. The summed E-state index contributed by atoms with van der Waals surface area (Å²) >= 11 is 0. The van der Waals surface area contributed by atoms with Crippen molar-refractivity contribution in [2.24, 2.45) is 16.6 Å². The van der Waals surface area contributed by atoms with Crippen molar-refractivity contribution < 1.29 is 8.42 Å². The van der Waals surface area contributed by atoms with Crippen molar-refractivity contribution in [2.75, 3.05) is 11.0 Å². The first kappa shape index (κ1) is 44.9. The molecule has 0 aliphatic rings. The summed E-state index contributed by atoms with van der Waals surface area (Å²) in [7, 11) is -3.18. The number of nitrogens with zero attached hydrogens (tertiary/aromatic N) is 4. The van der Waals surface area contributed by atoms with Crippen LogP contribution >= 0.6 is 0 Å². The number of H-pyrrole nitrogens is 2. The second-order valence-electron chi connectivity index (χ2n) is 17.8. The molecule has 2 aromatic carbocycles. The third-order valence-electron chi connectivity index (χ3n) is 8.36. The van der Waals surface area contributed by atoms with E-state index in [0.29, 0.717) is 11.1 Å². The van der Waals surface area contributed by atoms with E-state index >= 15 is 0 Å². The number of aromatic amines is 2.